The number of hydrogen-bond acceptors (Lipinski definition) is 7. The number of para-hydroxylation sites is 1. The molecule has 4 rings (SSSR count). The summed E-state index contributed by atoms with van der Waals surface area (Å²) in [5, 5.41) is 0.745. The zero-order valence-corrected chi connectivity index (χ0v) is 18.6. The Bertz CT molecular complexity index is 1200. The molecule has 1 aromatic heterocycles. The average molecular weight is 459 g/mol. The van der Waals surface area contributed by atoms with Crippen molar-refractivity contribution in [3.8, 4) is 22.8 Å². The van der Waals surface area contributed by atoms with E-state index in [9.17, 15) is 9.59 Å². The second-order valence-electron chi connectivity index (χ2n) is 7.61. The van der Waals surface area contributed by atoms with E-state index in [0.29, 0.717) is 38.8 Å². The lowest BCUT2D eigenvalue weighted by Crippen LogP contribution is -2.24. The lowest BCUT2D eigenvalue weighted by atomic mass is 9.86. The van der Waals surface area contributed by atoms with Gasteiger partial charge in [0, 0.05) is 6.07 Å². The van der Waals surface area contributed by atoms with E-state index < -0.39 is 0 Å². The highest BCUT2D eigenvalue weighted by molar-refractivity contribution is 6.34. The zero-order valence-electron chi connectivity index (χ0n) is 17.8. The molecule has 32 heavy (non-hydrogen) atoms. The predicted molar refractivity (Wildman–Crippen MR) is 119 cm³/mol. The summed E-state index contributed by atoms with van der Waals surface area (Å²) in [5.41, 5.74) is 1.46. The van der Waals surface area contributed by atoms with Gasteiger partial charge in [-0.1, -0.05) is 24.1 Å². The number of aryl methyl sites for hydroxylation is 1. The fourth-order valence-corrected chi connectivity index (χ4v) is 3.66. The minimum atomic E-state index is -0.329. The molecule has 0 saturated heterocycles. The number of hydrogen-bond donors (Lipinski definition) is 0. The lowest BCUT2D eigenvalue weighted by molar-refractivity contribution is -0.279. The summed E-state index contributed by atoms with van der Waals surface area (Å²) in [6.45, 7) is 2.12. The standard InChI is InChI=1S/C24H23ClO7/c1-14-11-21(28-2)17(22-13-19(26)16-7-4-8-18(25)23(16)31-22)12-20(14)29-9-10-30-32-24(27)15-5-3-6-15/h4,7-8,11-13,15H,3,5-6,9-10H2,1-2H3. The molecule has 7 nitrogen and oxygen atoms in total. The topological polar surface area (TPSA) is 84.2 Å². The minimum absolute atomic E-state index is 0.0487. The van der Waals surface area contributed by atoms with Crippen molar-refractivity contribution in [3.63, 3.8) is 0 Å². The Balaban J connectivity index is 1.52. The van der Waals surface area contributed by atoms with Gasteiger partial charge in [0.05, 0.1) is 29.0 Å². The monoisotopic (exact) mass is 458 g/mol. The van der Waals surface area contributed by atoms with E-state index in [1.54, 1.807) is 30.3 Å². The van der Waals surface area contributed by atoms with Crippen LogP contribution in [0.15, 0.2) is 45.6 Å². The van der Waals surface area contributed by atoms with Crippen LogP contribution < -0.4 is 14.9 Å². The Kier molecular flexibility index (Phi) is 6.67. The number of rotatable bonds is 8. The molecule has 0 N–H and O–H groups in total. The molecule has 2 aromatic carbocycles. The number of ether oxygens (including phenoxy) is 2. The van der Waals surface area contributed by atoms with Gasteiger partial charge in [0.25, 0.3) is 0 Å². The van der Waals surface area contributed by atoms with Gasteiger partial charge in [-0.2, -0.15) is 4.89 Å². The van der Waals surface area contributed by atoms with Crippen LogP contribution in [0.3, 0.4) is 0 Å². The second-order valence-corrected chi connectivity index (χ2v) is 8.02. The third kappa shape index (κ3) is 4.59. The molecule has 8 heteroatoms. The summed E-state index contributed by atoms with van der Waals surface area (Å²) < 4.78 is 17.3. The number of benzene rings is 2. The van der Waals surface area contributed by atoms with E-state index in [4.69, 9.17) is 35.3 Å². The molecule has 1 fully saturated rings. The molecule has 0 unspecified atom stereocenters. The first kappa shape index (κ1) is 22.2. The van der Waals surface area contributed by atoms with Gasteiger partial charge in [0.15, 0.2) is 11.0 Å². The van der Waals surface area contributed by atoms with Crippen molar-refractivity contribution < 1.29 is 28.5 Å². The van der Waals surface area contributed by atoms with Gasteiger partial charge in [-0.05, 0) is 49.6 Å². The predicted octanol–water partition coefficient (Wildman–Crippen LogP) is 5.08. The maximum Gasteiger partial charge on any atom is 0.345 e. The highest BCUT2D eigenvalue weighted by atomic mass is 35.5. The van der Waals surface area contributed by atoms with Crippen LogP contribution in [0.4, 0.5) is 0 Å². The number of halogens is 1. The van der Waals surface area contributed by atoms with Gasteiger partial charge >= 0.3 is 5.97 Å². The fourth-order valence-electron chi connectivity index (χ4n) is 3.45. The third-order valence-corrected chi connectivity index (χ3v) is 5.77. The van der Waals surface area contributed by atoms with E-state index in [-0.39, 0.29) is 30.5 Å². The molecule has 1 aliphatic rings. The number of carbonyl (C=O) groups excluding carboxylic acids is 1. The number of fused-ring (bicyclic) bond motifs is 1. The van der Waals surface area contributed by atoms with Crippen LogP contribution in [0.25, 0.3) is 22.3 Å². The van der Waals surface area contributed by atoms with Crippen LogP contribution in [0.1, 0.15) is 24.8 Å². The molecule has 1 saturated carbocycles. The summed E-state index contributed by atoms with van der Waals surface area (Å²) in [4.78, 5) is 34.1. The smallest absolute Gasteiger partial charge is 0.345 e. The van der Waals surface area contributed by atoms with Crippen molar-refractivity contribution in [1.82, 2.24) is 0 Å². The van der Waals surface area contributed by atoms with Crippen LogP contribution in [0.5, 0.6) is 11.5 Å². The van der Waals surface area contributed by atoms with Crippen LogP contribution in [0.2, 0.25) is 5.02 Å². The number of carbonyl (C=O) groups is 1. The highest BCUT2D eigenvalue weighted by Crippen LogP contribution is 2.37. The maximum absolute atomic E-state index is 12.6. The van der Waals surface area contributed by atoms with Gasteiger partial charge < -0.3 is 13.9 Å². The summed E-state index contributed by atoms with van der Waals surface area (Å²) >= 11 is 6.23. The Hall–Kier alpha value is -3.03. The highest BCUT2D eigenvalue weighted by Gasteiger charge is 2.27. The molecular formula is C24H23ClO7. The van der Waals surface area contributed by atoms with Gasteiger partial charge in [0.1, 0.15) is 30.5 Å². The normalized spacial score (nSPS) is 13.6. The molecule has 0 amide bonds. The van der Waals surface area contributed by atoms with Crippen molar-refractivity contribution in [2.75, 3.05) is 20.3 Å². The molecule has 0 radical (unpaired) electrons. The van der Waals surface area contributed by atoms with Crippen LogP contribution in [-0.2, 0) is 14.6 Å². The summed E-state index contributed by atoms with van der Waals surface area (Å²) in [5.74, 6) is 1.01. The van der Waals surface area contributed by atoms with Crippen molar-refractivity contribution >= 4 is 28.5 Å². The molecule has 0 atom stereocenters. The third-order valence-electron chi connectivity index (χ3n) is 5.47. The second kappa shape index (κ2) is 9.63. The van der Waals surface area contributed by atoms with Gasteiger partial charge in [-0.25, -0.2) is 4.79 Å². The molecule has 0 aliphatic heterocycles. The number of methoxy groups -OCH3 is 1. The zero-order chi connectivity index (χ0) is 22.7. The molecule has 0 spiro atoms. The Morgan fingerprint density at radius 2 is 1.97 bits per heavy atom. The van der Waals surface area contributed by atoms with Crippen molar-refractivity contribution in [2.45, 2.75) is 26.2 Å². The van der Waals surface area contributed by atoms with Gasteiger partial charge in [0.2, 0.25) is 0 Å². The molecule has 168 valence electrons. The molecular weight excluding hydrogens is 436 g/mol. The first-order valence-corrected chi connectivity index (χ1v) is 10.7. The first-order valence-electron chi connectivity index (χ1n) is 10.4. The molecule has 0 bridgehead atoms. The fraction of sp³-hybridized carbons (Fsp3) is 0.333. The summed E-state index contributed by atoms with van der Waals surface area (Å²) in [7, 11) is 1.54. The largest absolute Gasteiger partial charge is 0.496 e. The summed E-state index contributed by atoms with van der Waals surface area (Å²) in [6.07, 6.45) is 2.75. The Morgan fingerprint density at radius 1 is 1.16 bits per heavy atom. The molecule has 1 heterocycles. The molecule has 3 aromatic rings. The van der Waals surface area contributed by atoms with Crippen LogP contribution in [0, 0.1) is 12.8 Å². The molecule has 1 aliphatic carbocycles. The average Bonchev–Trinajstić information content (AvgIpc) is 2.73. The van der Waals surface area contributed by atoms with Crippen molar-refractivity contribution in [3.05, 3.63) is 57.2 Å². The quantitative estimate of drug-likeness (QED) is 0.264. The van der Waals surface area contributed by atoms with Gasteiger partial charge in [-0.3, -0.25) is 9.68 Å². The maximum atomic E-state index is 12.6. The SMILES string of the molecule is COc1cc(C)c(OCCOOC(=O)C2CCC2)cc1-c1cc(=O)c2cccc(Cl)c2o1. The minimum Gasteiger partial charge on any atom is -0.496 e. The lowest BCUT2D eigenvalue weighted by Gasteiger charge is -2.21. The Morgan fingerprint density at radius 3 is 2.69 bits per heavy atom. The van der Waals surface area contributed by atoms with Crippen LogP contribution >= 0.6 is 11.6 Å². The Labute approximate surface area is 189 Å². The summed E-state index contributed by atoms with van der Waals surface area (Å²) in [6, 6.07) is 9.95. The van der Waals surface area contributed by atoms with E-state index in [2.05, 4.69) is 0 Å². The van der Waals surface area contributed by atoms with E-state index in [1.807, 2.05) is 6.92 Å². The van der Waals surface area contributed by atoms with E-state index >= 15 is 0 Å². The van der Waals surface area contributed by atoms with E-state index in [1.165, 1.54) is 13.2 Å². The van der Waals surface area contributed by atoms with Crippen molar-refractivity contribution in [1.29, 1.82) is 0 Å². The van der Waals surface area contributed by atoms with Crippen LogP contribution in [-0.4, -0.2) is 26.3 Å². The van der Waals surface area contributed by atoms with Gasteiger partial charge in [-0.15, -0.1) is 0 Å². The first-order chi connectivity index (χ1) is 15.5. The van der Waals surface area contributed by atoms with E-state index in [0.717, 1.165) is 24.8 Å². The van der Waals surface area contributed by atoms with Crippen molar-refractivity contribution in [2.24, 2.45) is 5.92 Å².